The van der Waals surface area contributed by atoms with Crippen LogP contribution in [0.1, 0.15) is 27.8 Å². The smallest absolute Gasteiger partial charge is 0.359 e. The molecule has 162 valence electrons. The molecule has 0 aliphatic rings. The number of rotatable bonds is 5. The summed E-state index contributed by atoms with van der Waals surface area (Å²) in [5.74, 6) is -1.73. The number of ether oxygens (including phenoxy) is 1. The lowest BCUT2D eigenvalue weighted by atomic mass is 10.2. The van der Waals surface area contributed by atoms with Crippen LogP contribution in [-0.4, -0.2) is 28.3 Å². The van der Waals surface area contributed by atoms with E-state index in [1.54, 1.807) is 36.6 Å². The zero-order chi connectivity index (χ0) is 22.8. The van der Waals surface area contributed by atoms with E-state index in [1.807, 2.05) is 0 Å². The summed E-state index contributed by atoms with van der Waals surface area (Å²) in [7, 11) is 0. The van der Waals surface area contributed by atoms with E-state index in [4.69, 9.17) is 4.74 Å². The van der Waals surface area contributed by atoms with Gasteiger partial charge >= 0.3 is 5.97 Å². The second kappa shape index (κ2) is 9.01. The van der Waals surface area contributed by atoms with Crippen molar-refractivity contribution in [1.82, 2.24) is 9.78 Å². The number of hydrogen-bond acceptors (Lipinski definition) is 6. The highest BCUT2D eigenvalue weighted by Crippen LogP contribution is 2.31. The minimum Gasteiger partial charge on any atom is -0.461 e. The highest BCUT2D eigenvalue weighted by atomic mass is 79.9. The van der Waals surface area contributed by atoms with Crippen LogP contribution < -0.4 is 10.9 Å². The van der Waals surface area contributed by atoms with E-state index in [0.29, 0.717) is 5.56 Å². The molecule has 2 heterocycles. The summed E-state index contributed by atoms with van der Waals surface area (Å²) in [6.07, 6.45) is 0. The summed E-state index contributed by atoms with van der Waals surface area (Å²) >= 11 is 4.40. The number of fused-ring (bicyclic) bond motifs is 1. The first-order valence-corrected chi connectivity index (χ1v) is 11.1. The topological polar surface area (TPSA) is 90.3 Å². The normalized spacial score (nSPS) is 10.8. The minimum absolute atomic E-state index is 0.0839. The molecule has 1 amide bonds. The molecule has 10 heteroatoms. The van der Waals surface area contributed by atoms with Crippen LogP contribution >= 0.6 is 27.3 Å². The summed E-state index contributed by atoms with van der Waals surface area (Å²) in [5.41, 5.74) is -0.196. The van der Waals surface area contributed by atoms with Crippen molar-refractivity contribution in [3.8, 4) is 5.69 Å². The van der Waals surface area contributed by atoms with Gasteiger partial charge in [0, 0.05) is 20.8 Å². The predicted octanol–water partition coefficient (Wildman–Crippen LogP) is 4.78. The van der Waals surface area contributed by atoms with Crippen molar-refractivity contribution >= 4 is 54.9 Å². The Balaban J connectivity index is 1.89. The average Bonchev–Trinajstić information content (AvgIpc) is 3.18. The summed E-state index contributed by atoms with van der Waals surface area (Å²) in [5, 5.41) is 9.00. The monoisotopic (exact) mass is 515 g/mol. The third-order valence-electron chi connectivity index (χ3n) is 4.49. The zero-order valence-electron chi connectivity index (χ0n) is 16.6. The largest absolute Gasteiger partial charge is 0.461 e. The van der Waals surface area contributed by atoms with Gasteiger partial charge in [0.2, 0.25) is 0 Å². The molecular weight excluding hydrogens is 501 g/mol. The van der Waals surface area contributed by atoms with Gasteiger partial charge in [-0.1, -0.05) is 28.1 Å². The van der Waals surface area contributed by atoms with E-state index < -0.39 is 23.3 Å². The van der Waals surface area contributed by atoms with E-state index >= 15 is 0 Å². The lowest BCUT2D eigenvalue weighted by Gasteiger charge is -2.10. The van der Waals surface area contributed by atoms with Gasteiger partial charge in [-0.3, -0.25) is 9.59 Å². The predicted molar refractivity (Wildman–Crippen MR) is 123 cm³/mol. The van der Waals surface area contributed by atoms with Crippen LogP contribution in [0.2, 0.25) is 0 Å². The van der Waals surface area contributed by atoms with Crippen LogP contribution in [0.5, 0.6) is 0 Å². The van der Waals surface area contributed by atoms with E-state index in [0.717, 1.165) is 26.6 Å². The van der Waals surface area contributed by atoms with Gasteiger partial charge in [0.25, 0.3) is 11.5 Å². The third kappa shape index (κ3) is 4.19. The Morgan fingerprint density at radius 3 is 2.72 bits per heavy atom. The Labute approximate surface area is 193 Å². The molecule has 4 aromatic rings. The minimum atomic E-state index is -0.731. The Hall–Kier alpha value is -3.37. The summed E-state index contributed by atoms with van der Waals surface area (Å²) in [6, 6.07) is 12.0. The number of carbonyl (C=O) groups excluding carboxylic acids is 2. The first-order valence-electron chi connectivity index (χ1n) is 9.43. The van der Waals surface area contributed by atoms with Crippen LogP contribution in [0, 0.1) is 5.82 Å². The molecule has 0 unspecified atom stereocenters. The van der Waals surface area contributed by atoms with Crippen molar-refractivity contribution in [3.05, 3.63) is 85.8 Å². The quantitative estimate of drug-likeness (QED) is 0.386. The zero-order valence-corrected chi connectivity index (χ0v) is 19.0. The number of carbonyl (C=O) groups is 2. The number of nitrogens with one attached hydrogen (secondary N) is 1. The number of esters is 1. The molecule has 0 aliphatic heterocycles. The third-order valence-corrected chi connectivity index (χ3v) is 5.88. The van der Waals surface area contributed by atoms with Crippen molar-refractivity contribution in [2.24, 2.45) is 0 Å². The maximum Gasteiger partial charge on any atom is 0.359 e. The molecule has 0 bridgehead atoms. The lowest BCUT2D eigenvalue weighted by Crippen LogP contribution is -2.25. The molecule has 2 aromatic carbocycles. The molecule has 0 fully saturated rings. The Morgan fingerprint density at radius 2 is 2.00 bits per heavy atom. The molecule has 0 aliphatic carbocycles. The molecular formula is C22H15BrFN3O4S. The van der Waals surface area contributed by atoms with Crippen molar-refractivity contribution in [2.75, 3.05) is 11.9 Å². The SMILES string of the molecule is CCOC(=O)c1nn(-c2cccc(F)c2)c(=O)c2c(NC(=O)c3cccc(Br)c3)scc12. The van der Waals surface area contributed by atoms with Crippen molar-refractivity contribution in [2.45, 2.75) is 6.92 Å². The average molecular weight is 516 g/mol. The number of hydrogen-bond donors (Lipinski definition) is 1. The Kier molecular flexibility index (Phi) is 6.15. The van der Waals surface area contributed by atoms with Gasteiger partial charge in [-0.15, -0.1) is 11.3 Å². The maximum atomic E-state index is 13.8. The number of anilines is 1. The molecule has 0 saturated carbocycles. The fourth-order valence-electron chi connectivity index (χ4n) is 3.08. The fourth-order valence-corrected chi connectivity index (χ4v) is 4.41. The number of benzene rings is 2. The fraction of sp³-hybridized carbons (Fsp3) is 0.0909. The van der Waals surface area contributed by atoms with Gasteiger partial charge in [0.15, 0.2) is 5.69 Å². The number of nitrogens with zero attached hydrogens (tertiary/aromatic N) is 2. The highest BCUT2D eigenvalue weighted by molar-refractivity contribution is 9.10. The van der Waals surface area contributed by atoms with Gasteiger partial charge in [-0.05, 0) is 43.3 Å². The van der Waals surface area contributed by atoms with Crippen molar-refractivity contribution in [3.63, 3.8) is 0 Å². The number of amides is 1. The summed E-state index contributed by atoms with van der Waals surface area (Å²) in [4.78, 5) is 38.6. The second-order valence-corrected chi connectivity index (χ2v) is 8.38. The molecule has 1 N–H and O–H groups in total. The van der Waals surface area contributed by atoms with Gasteiger partial charge in [-0.2, -0.15) is 9.78 Å². The van der Waals surface area contributed by atoms with Crippen LogP contribution in [0.3, 0.4) is 0 Å². The first-order chi connectivity index (χ1) is 15.4. The molecule has 0 spiro atoms. The summed E-state index contributed by atoms with van der Waals surface area (Å²) < 4.78 is 20.5. The van der Waals surface area contributed by atoms with E-state index in [-0.39, 0.29) is 33.8 Å². The van der Waals surface area contributed by atoms with E-state index in [9.17, 15) is 18.8 Å². The molecule has 0 atom stereocenters. The molecule has 0 radical (unpaired) electrons. The van der Waals surface area contributed by atoms with Crippen LogP contribution in [0.15, 0.2) is 63.2 Å². The van der Waals surface area contributed by atoms with Crippen LogP contribution in [-0.2, 0) is 4.74 Å². The number of aromatic nitrogens is 2. The van der Waals surface area contributed by atoms with Crippen LogP contribution in [0.25, 0.3) is 16.5 Å². The first kappa shape index (κ1) is 21.8. The summed E-state index contributed by atoms with van der Waals surface area (Å²) in [6.45, 7) is 1.76. The Morgan fingerprint density at radius 1 is 1.22 bits per heavy atom. The molecule has 0 saturated heterocycles. The van der Waals surface area contributed by atoms with E-state index in [2.05, 4.69) is 26.3 Å². The van der Waals surface area contributed by atoms with E-state index in [1.165, 1.54) is 18.2 Å². The van der Waals surface area contributed by atoms with Crippen LogP contribution in [0.4, 0.5) is 9.39 Å². The highest BCUT2D eigenvalue weighted by Gasteiger charge is 2.23. The molecule has 2 aromatic heterocycles. The maximum absolute atomic E-state index is 13.8. The van der Waals surface area contributed by atoms with Gasteiger partial charge < -0.3 is 10.1 Å². The molecule has 32 heavy (non-hydrogen) atoms. The number of thiophene rings is 1. The van der Waals surface area contributed by atoms with Gasteiger partial charge in [-0.25, -0.2) is 9.18 Å². The standard InChI is InChI=1S/C22H15BrFN3O4S/c1-2-31-22(30)18-16-11-32-20(25-19(28)12-5-3-6-13(23)9-12)17(16)21(29)27(26-18)15-8-4-7-14(24)10-15/h3-11H,2H2,1H3,(H,25,28). The van der Waals surface area contributed by atoms with Crippen molar-refractivity contribution < 1.29 is 18.7 Å². The lowest BCUT2D eigenvalue weighted by molar-refractivity contribution is 0.0520. The Bertz CT molecular complexity index is 1420. The van der Waals surface area contributed by atoms with Gasteiger partial charge in [0.1, 0.15) is 10.8 Å². The molecule has 7 nitrogen and oxygen atoms in total. The second-order valence-electron chi connectivity index (χ2n) is 6.58. The van der Waals surface area contributed by atoms with Crippen molar-refractivity contribution in [1.29, 1.82) is 0 Å². The number of halogens is 2. The van der Waals surface area contributed by atoms with Gasteiger partial charge in [0.05, 0.1) is 17.7 Å². The molecule has 4 rings (SSSR count).